The molecule has 1 N–H and O–H groups in total. The van der Waals surface area contributed by atoms with Crippen LogP contribution in [0.4, 0.5) is 0 Å². The van der Waals surface area contributed by atoms with Crippen molar-refractivity contribution in [2.45, 2.75) is 19.8 Å². The van der Waals surface area contributed by atoms with Crippen LogP contribution in [0, 0.1) is 0 Å². The van der Waals surface area contributed by atoms with E-state index in [1.165, 1.54) is 0 Å². The zero-order valence-electron chi connectivity index (χ0n) is 11.7. The fourth-order valence-corrected chi connectivity index (χ4v) is 2.07. The summed E-state index contributed by atoms with van der Waals surface area (Å²) in [6.45, 7) is 4.18. The van der Waals surface area contributed by atoms with E-state index in [2.05, 4.69) is 0 Å². The van der Waals surface area contributed by atoms with Crippen LogP contribution in [0.5, 0.6) is 11.5 Å². The van der Waals surface area contributed by atoms with E-state index >= 15 is 0 Å². The third-order valence-electron chi connectivity index (χ3n) is 3.24. The predicted molar refractivity (Wildman–Crippen MR) is 78.5 cm³/mol. The standard InChI is InChI=1S/C17H18O3/c1-3-20-16-11-14(9-10-15(16)18)12(2)17(19)13-7-5-4-6-8-13/h4-12,18H,3H2,1-2H3. The van der Waals surface area contributed by atoms with Gasteiger partial charge in [-0.2, -0.15) is 0 Å². The molecule has 0 aliphatic carbocycles. The van der Waals surface area contributed by atoms with Gasteiger partial charge in [-0.25, -0.2) is 0 Å². The van der Waals surface area contributed by atoms with Gasteiger partial charge in [-0.1, -0.05) is 43.3 Å². The van der Waals surface area contributed by atoms with Crippen molar-refractivity contribution in [1.82, 2.24) is 0 Å². The number of hydrogen-bond donors (Lipinski definition) is 1. The minimum absolute atomic E-state index is 0.0544. The highest BCUT2D eigenvalue weighted by Gasteiger charge is 2.18. The lowest BCUT2D eigenvalue weighted by atomic mass is 9.92. The molecule has 104 valence electrons. The van der Waals surface area contributed by atoms with Crippen LogP contribution < -0.4 is 4.74 Å². The molecule has 0 saturated heterocycles. The molecule has 0 bridgehead atoms. The lowest BCUT2D eigenvalue weighted by molar-refractivity contribution is 0.0966. The Bertz CT molecular complexity index is 590. The second kappa shape index (κ2) is 6.24. The molecule has 0 heterocycles. The average molecular weight is 270 g/mol. The number of carbonyl (C=O) groups is 1. The number of rotatable bonds is 5. The summed E-state index contributed by atoms with van der Waals surface area (Å²) in [4.78, 5) is 12.4. The summed E-state index contributed by atoms with van der Waals surface area (Å²) in [5.74, 6) is 0.281. The van der Waals surface area contributed by atoms with Crippen LogP contribution in [0.1, 0.15) is 35.7 Å². The second-order valence-electron chi connectivity index (χ2n) is 4.61. The summed E-state index contributed by atoms with van der Waals surface area (Å²) < 4.78 is 5.35. The molecule has 0 aliphatic heterocycles. The monoisotopic (exact) mass is 270 g/mol. The van der Waals surface area contributed by atoms with Crippen molar-refractivity contribution in [2.24, 2.45) is 0 Å². The zero-order chi connectivity index (χ0) is 14.5. The van der Waals surface area contributed by atoms with E-state index in [1.807, 2.05) is 44.2 Å². The number of hydrogen-bond acceptors (Lipinski definition) is 3. The van der Waals surface area contributed by atoms with Gasteiger partial charge in [-0.3, -0.25) is 4.79 Å². The number of aromatic hydroxyl groups is 1. The van der Waals surface area contributed by atoms with Crippen LogP contribution in [-0.2, 0) is 0 Å². The van der Waals surface area contributed by atoms with Crippen LogP contribution in [0.3, 0.4) is 0 Å². The molecule has 0 saturated carbocycles. The van der Waals surface area contributed by atoms with Crippen molar-refractivity contribution < 1.29 is 14.6 Å². The van der Waals surface area contributed by atoms with Gasteiger partial charge in [0.25, 0.3) is 0 Å². The first kappa shape index (κ1) is 14.1. The van der Waals surface area contributed by atoms with Gasteiger partial charge in [0, 0.05) is 11.5 Å². The molecule has 0 radical (unpaired) electrons. The molecule has 1 unspecified atom stereocenters. The van der Waals surface area contributed by atoms with Gasteiger partial charge in [0.1, 0.15) is 0 Å². The van der Waals surface area contributed by atoms with Crippen molar-refractivity contribution in [2.75, 3.05) is 6.61 Å². The average Bonchev–Trinajstić information content (AvgIpc) is 2.49. The third kappa shape index (κ3) is 2.99. The fourth-order valence-electron chi connectivity index (χ4n) is 2.07. The molecule has 2 aromatic rings. The van der Waals surface area contributed by atoms with Crippen LogP contribution in [0.25, 0.3) is 0 Å². The quantitative estimate of drug-likeness (QED) is 0.841. The van der Waals surface area contributed by atoms with Crippen molar-refractivity contribution >= 4 is 5.78 Å². The van der Waals surface area contributed by atoms with Gasteiger partial charge in [-0.05, 0) is 24.6 Å². The largest absolute Gasteiger partial charge is 0.504 e. The molecule has 3 heteroatoms. The van der Waals surface area contributed by atoms with E-state index in [-0.39, 0.29) is 17.5 Å². The minimum Gasteiger partial charge on any atom is -0.504 e. The van der Waals surface area contributed by atoms with Crippen molar-refractivity contribution in [1.29, 1.82) is 0 Å². The first-order valence-corrected chi connectivity index (χ1v) is 6.68. The summed E-state index contributed by atoms with van der Waals surface area (Å²) >= 11 is 0. The van der Waals surface area contributed by atoms with Gasteiger partial charge in [0.2, 0.25) is 0 Å². The highest BCUT2D eigenvalue weighted by Crippen LogP contribution is 2.31. The van der Waals surface area contributed by atoms with Gasteiger partial charge in [0.05, 0.1) is 6.61 Å². The van der Waals surface area contributed by atoms with Crippen LogP contribution in [0.2, 0.25) is 0 Å². The summed E-state index contributed by atoms with van der Waals surface area (Å²) in [6, 6.07) is 14.2. The van der Waals surface area contributed by atoms with E-state index in [0.717, 1.165) is 5.56 Å². The van der Waals surface area contributed by atoms with E-state index in [4.69, 9.17) is 4.74 Å². The molecule has 20 heavy (non-hydrogen) atoms. The summed E-state index contributed by atoms with van der Waals surface area (Å²) in [5.41, 5.74) is 1.52. The number of ether oxygens (including phenoxy) is 1. The lowest BCUT2D eigenvalue weighted by Crippen LogP contribution is -2.09. The summed E-state index contributed by atoms with van der Waals surface area (Å²) in [7, 11) is 0. The van der Waals surface area contributed by atoms with Crippen LogP contribution in [0.15, 0.2) is 48.5 Å². The smallest absolute Gasteiger partial charge is 0.170 e. The summed E-state index contributed by atoms with van der Waals surface area (Å²) in [5, 5.41) is 9.69. The number of ketones is 1. The lowest BCUT2D eigenvalue weighted by Gasteiger charge is -2.13. The molecule has 3 nitrogen and oxygen atoms in total. The number of carbonyl (C=O) groups excluding carboxylic acids is 1. The Morgan fingerprint density at radius 2 is 1.90 bits per heavy atom. The maximum Gasteiger partial charge on any atom is 0.170 e. The van der Waals surface area contributed by atoms with E-state index in [0.29, 0.717) is 17.9 Å². The normalized spacial score (nSPS) is 11.9. The molecule has 0 fully saturated rings. The molecule has 0 spiro atoms. The first-order chi connectivity index (χ1) is 9.63. The molecular weight excluding hydrogens is 252 g/mol. The molecule has 2 rings (SSSR count). The Morgan fingerprint density at radius 3 is 2.55 bits per heavy atom. The molecule has 0 aliphatic rings. The van der Waals surface area contributed by atoms with Gasteiger partial charge in [-0.15, -0.1) is 0 Å². The van der Waals surface area contributed by atoms with Crippen LogP contribution in [-0.4, -0.2) is 17.5 Å². The topological polar surface area (TPSA) is 46.5 Å². The fraction of sp³-hybridized carbons (Fsp3) is 0.235. The minimum atomic E-state index is -0.280. The maximum atomic E-state index is 12.4. The number of phenolic OH excluding ortho intramolecular Hbond substituents is 1. The molecule has 1 atom stereocenters. The highest BCUT2D eigenvalue weighted by molar-refractivity contribution is 6.00. The van der Waals surface area contributed by atoms with Crippen molar-refractivity contribution in [3.8, 4) is 11.5 Å². The van der Waals surface area contributed by atoms with Gasteiger partial charge >= 0.3 is 0 Å². The number of benzene rings is 2. The van der Waals surface area contributed by atoms with Crippen molar-refractivity contribution in [3.63, 3.8) is 0 Å². The third-order valence-corrected chi connectivity index (χ3v) is 3.24. The molecule has 2 aromatic carbocycles. The Labute approximate surface area is 118 Å². The first-order valence-electron chi connectivity index (χ1n) is 6.68. The molecule has 0 aromatic heterocycles. The predicted octanol–water partition coefficient (Wildman–Crippen LogP) is 3.78. The van der Waals surface area contributed by atoms with Gasteiger partial charge < -0.3 is 9.84 Å². The van der Waals surface area contributed by atoms with Crippen LogP contribution >= 0.6 is 0 Å². The Morgan fingerprint density at radius 1 is 1.20 bits per heavy atom. The van der Waals surface area contributed by atoms with E-state index in [9.17, 15) is 9.90 Å². The number of Topliss-reactive ketones (excluding diaryl/α,β-unsaturated/α-hetero) is 1. The Balaban J connectivity index is 2.27. The van der Waals surface area contributed by atoms with Gasteiger partial charge in [0.15, 0.2) is 17.3 Å². The number of phenols is 1. The molecular formula is C17H18O3. The maximum absolute atomic E-state index is 12.4. The Hall–Kier alpha value is -2.29. The SMILES string of the molecule is CCOc1cc(C(C)C(=O)c2ccccc2)ccc1O. The summed E-state index contributed by atoms with van der Waals surface area (Å²) in [6.07, 6.45) is 0. The second-order valence-corrected chi connectivity index (χ2v) is 4.61. The molecule has 0 amide bonds. The zero-order valence-corrected chi connectivity index (χ0v) is 11.7. The highest BCUT2D eigenvalue weighted by atomic mass is 16.5. The van der Waals surface area contributed by atoms with E-state index in [1.54, 1.807) is 18.2 Å². The Kier molecular flexibility index (Phi) is 4.41. The van der Waals surface area contributed by atoms with Crippen molar-refractivity contribution in [3.05, 3.63) is 59.7 Å². The van der Waals surface area contributed by atoms with E-state index < -0.39 is 0 Å².